The molecule has 0 aliphatic carbocycles. The van der Waals surface area contributed by atoms with Gasteiger partial charge in [0, 0.05) is 18.7 Å². The molecule has 0 bridgehead atoms. The smallest absolute Gasteiger partial charge is 0.230 e. The van der Waals surface area contributed by atoms with Crippen LogP contribution in [0.25, 0.3) is 5.69 Å². The number of hydrogen-bond donors (Lipinski definition) is 2. The Hall–Kier alpha value is -2.35. The maximum Gasteiger partial charge on any atom is 0.230 e. The zero-order valence-electron chi connectivity index (χ0n) is 14.8. The number of carbonyl (C=O) groups is 2. The molecule has 0 fully saturated rings. The second-order valence-corrected chi connectivity index (χ2v) is 7.05. The van der Waals surface area contributed by atoms with Gasteiger partial charge in [0.1, 0.15) is 6.33 Å². The lowest BCUT2D eigenvalue weighted by Gasteiger charge is -2.17. The lowest BCUT2D eigenvalue weighted by Crippen LogP contribution is -2.37. The van der Waals surface area contributed by atoms with Crippen LogP contribution in [0.15, 0.2) is 35.7 Å². The van der Waals surface area contributed by atoms with Gasteiger partial charge in [-0.15, -0.1) is 10.2 Å². The van der Waals surface area contributed by atoms with Crippen LogP contribution in [0.3, 0.4) is 0 Å². The van der Waals surface area contributed by atoms with E-state index in [9.17, 15) is 9.59 Å². The zero-order chi connectivity index (χ0) is 18.4. The molecule has 0 saturated carbocycles. The number of hydrogen-bond acceptors (Lipinski definition) is 5. The van der Waals surface area contributed by atoms with Crippen molar-refractivity contribution in [1.82, 2.24) is 20.1 Å². The lowest BCUT2D eigenvalue weighted by atomic mass is 10.1. The van der Waals surface area contributed by atoms with Crippen molar-refractivity contribution in [3.63, 3.8) is 0 Å². The van der Waals surface area contributed by atoms with E-state index in [2.05, 4.69) is 34.7 Å². The predicted molar refractivity (Wildman–Crippen MR) is 98.8 cm³/mol. The fourth-order valence-electron chi connectivity index (χ4n) is 2.03. The molecule has 2 aromatic rings. The fourth-order valence-corrected chi connectivity index (χ4v) is 2.77. The number of carbonyl (C=O) groups excluding carboxylic acids is 2. The largest absolute Gasteiger partial charge is 0.353 e. The number of benzene rings is 1. The van der Waals surface area contributed by atoms with E-state index in [1.807, 2.05) is 31.2 Å². The minimum atomic E-state index is -0.133. The Morgan fingerprint density at radius 2 is 2.04 bits per heavy atom. The zero-order valence-corrected chi connectivity index (χ0v) is 15.6. The molecule has 1 aromatic carbocycles. The van der Waals surface area contributed by atoms with Crippen molar-refractivity contribution in [2.24, 2.45) is 5.92 Å². The average Bonchev–Trinajstić information content (AvgIpc) is 3.01. The van der Waals surface area contributed by atoms with E-state index in [0.717, 1.165) is 5.69 Å². The Labute approximate surface area is 151 Å². The van der Waals surface area contributed by atoms with Crippen LogP contribution in [0.2, 0.25) is 0 Å². The van der Waals surface area contributed by atoms with Crippen LogP contribution in [0, 0.1) is 5.92 Å². The molecule has 134 valence electrons. The second-order valence-electron chi connectivity index (χ2n) is 6.10. The Bertz CT molecular complexity index is 744. The highest BCUT2D eigenvalue weighted by Gasteiger charge is 2.14. The number of amides is 2. The highest BCUT2D eigenvalue weighted by molar-refractivity contribution is 7.99. The SMILES string of the molecule is CC(=O)Nc1cccc(-n2cnnc2SCC(=O)NC(C)C(C)C)c1. The first-order chi connectivity index (χ1) is 11.9. The summed E-state index contributed by atoms with van der Waals surface area (Å²) in [5, 5.41) is 14.3. The Balaban J connectivity index is 2.05. The molecule has 25 heavy (non-hydrogen) atoms. The van der Waals surface area contributed by atoms with E-state index < -0.39 is 0 Å². The average molecular weight is 361 g/mol. The highest BCUT2D eigenvalue weighted by Crippen LogP contribution is 2.21. The molecule has 1 atom stereocenters. The third-order valence-electron chi connectivity index (χ3n) is 3.68. The number of anilines is 1. The van der Waals surface area contributed by atoms with Crippen molar-refractivity contribution in [2.75, 3.05) is 11.1 Å². The summed E-state index contributed by atoms with van der Waals surface area (Å²) < 4.78 is 1.79. The summed E-state index contributed by atoms with van der Waals surface area (Å²) in [7, 11) is 0. The Morgan fingerprint density at radius 3 is 2.72 bits per heavy atom. The van der Waals surface area contributed by atoms with E-state index in [1.54, 1.807) is 10.9 Å². The lowest BCUT2D eigenvalue weighted by molar-refractivity contribution is -0.119. The number of rotatable bonds is 7. The molecule has 2 N–H and O–H groups in total. The molecule has 1 heterocycles. The first-order valence-corrected chi connectivity index (χ1v) is 9.05. The molecule has 1 aromatic heterocycles. The highest BCUT2D eigenvalue weighted by atomic mass is 32.2. The fraction of sp³-hybridized carbons (Fsp3) is 0.412. The van der Waals surface area contributed by atoms with Crippen molar-refractivity contribution in [2.45, 2.75) is 38.9 Å². The third-order valence-corrected chi connectivity index (χ3v) is 4.63. The summed E-state index contributed by atoms with van der Waals surface area (Å²) >= 11 is 1.32. The number of aromatic nitrogens is 3. The van der Waals surface area contributed by atoms with Crippen LogP contribution in [0.4, 0.5) is 5.69 Å². The molecule has 2 rings (SSSR count). The molecule has 0 radical (unpaired) electrons. The van der Waals surface area contributed by atoms with Crippen molar-refractivity contribution in [3.8, 4) is 5.69 Å². The van der Waals surface area contributed by atoms with Gasteiger partial charge in [-0.3, -0.25) is 14.2 Å². The van der Waals surface area contributed by atoms with Crippen LogP contribution in [0.5, 0.6) is 0 Å². The summed E-state index contributed by atoms with van der Waals surface area (Å²) in [5.41, 5.74) is 1.51. The molecular formula is C17H23N5O2S. The topological polar surface area (TPSA) is 88.9 Å². The van der Waals surface area contributed by atoms with E-state index in [4.69, 9.17) is 0 Å². The van der Waals surface area contributed by atoms with Crippen molar-refractivity contribution < 1.29 is 9.59 Å². The van der Waals surface area contributed by atoms with Gasteiger partial charge >= 0.3 is 0 Å². The van der Waals surface area contributed by atoms with Gasteiger partial charge in [0.05, 0.1) is 11.4 Å². The molecule has 0 aliphatic heterocycles. The van der Waals surface area contributed by atoms with Crippen LogP contribution in [-0.4, -0.2) is 38.4 Å². The Kier molecular flexibility index (Phi) is 6.58. The van der Waals surface area contributed by atoms with Crippen LogP contribution in [0.1, 0.15) is 27.7 Å². The van der Waals surface area contributed by atoms with Crippen molar-refractivity contribution >= 4 is 29.3 Å². The monoisotopic (exact) mass is 361 g/mol. The standard InChI is InChI=1S/C17H23N5O2S/c1-11(2)12(3)19-16(24)9-25-17-21-18-10-22(17)15-7-5-6-14(8-15)20-13(4)23/h5-8,10-12H,9H2,1-4H3,(H,19,24)(H,20,23). The normalized spacial score (nSPS) is 12.0. The maximum atomic E-state index is 12.0. The quantitative estimate of drug-likeness (QED) is 0.740. The minimum Gasteiger partial charge on any atom is -0.353 e. The van der Waals surface area contributed by atoms with Crippen LogP contribution < -0.4 is 10.6 Å². The Morgan fingerprint density at radius 1 is 1.28 bits per heavy atom. The van der Waals surface area contributed by atoms with E-state index in [0.29, 0.717) is 16.8 Å². The number of thioether (sulfide) groups is 1. The van der Waals surface area contributed by atoms with Gasteiger partial charge in [0.15, 0.2) is 5.16 Å². The number of nitrogens with one attached hydrogen (secondary N) is 2. The first kappa shape index (κ1) is 19.0. The van der Waals surface area contributed by atoms with Crippen molar-refractivity contribution in [3.05, 3.63) is 30.6 Å². The molecule has 2 amide bonds. The molecule has 8 heteroatoms. The third kappa shape index (κ3) is 5.60. The van der Waals surface area contributed by atoms with Gasteiger partial charge in [-0.1, -0.05) is 31.7 Å². The molecule has 0 saturated heterocycles. The first-order valence-electron chi connectivity index (χ1n) is 8.07. The van der Waals surface area contributed by atoms with Gasteiger partial charge in [-0.25, -0.2) is 0 Å². The summed E-state index contributed by atoms with van der Waals surface area (Å²) in [5.74, 6) is 0.481. The predicted octanol–water partition coefficient (Wildman–Crippen LogP) is 2.48. The van der Waals surface area contributed by atoms with Gasteiger partial charge in [0.25, 0.3) is 0 Å². The van der Waals surface area contributed by atoms with Crippen molar-refractivity contribution in [1.29, 1.82) is 0 Å². The van der Waals surface area contributed by atoms with Crippen LogP contribution in [-0.2, 0) is 9.59 Å². The molecule has 1 unspecified atom stereocenters. The summed E-state index contributed by atoms with van der Waals surface area (Å²) in [4.78, 5) is 23.2. The summed E-state index contributed by atoms with van der Waals surface area (Å²) in [6, 6.07) is 7.49. The summed E-state index contributed by atoms with van der Waals surface area (Å²) in [6.07, 6.45) is 1.59. The van der Waals surface area contributed by atoms with Gasteiger partial charge in [-0.05, 0) is 31.0 Å². The van der Waals surface area contributed by atoms with Gasteiger partial charge < -0.3 is 10.6 Å². The molecule has 0 aliphatic rings. The van der Waals surface area contributed by atoms with E-state index in [-0.39, 0.29) is 23.6 Å². The molecule has 7 nitrogen and oxygen atoms in total. The van der Waals surface area contributed by atoms with E-state index >= 15 is 0 Å². The van der Waals surface area contributed by atoms with Crippen LogP contribution >= 0.6 is 11.8 Å². The summed E-state index contributed by atoms with van der Waals surface area (Å²) in [6.45, 7) is 7.58. The van der Waals surface area contributed by atoms with Gasteiger partial charge in [-0.2, -0.15) is 0 Å². The van der Waals surface area contributed by atoms with Gasteiger partial charge in [0.2, 0.25) is 11.8 Å². The van der Waals surface area contributed by atoms with E-state index in [1.165, 1.54) is 18.7 Å². The molecule has 0 spiro atoms. The second kappa shape index (κ2) is 8.66. The number of nitrogens with zero attached hydrogens (tertiary/aromatic N) is 3. The molecular weight excluding hydrogens is 338 g/mol. The minimum absolute atomic E-state index is 0.0345. The maximum absolute atomic E-state index is 12.0.